The first kappa shape index (κ1) is 45.2. The number of hydrogen-bond acceptors (Lipinski definition) is 14. The molecule has 0 aliphatic rings. The Morgan fingerprint density at radius 2 is 1.26 bits per heavy atom. The van der Waals surface area contributed by atoms with E-state index in [1.165, 1.54) is 0 Å². The number of methoxy groups -OCH3 is 2. The average Bonchev–Trinajstić information content (AvgIpc) is 3.17. The van der Waals surface area contributed by atoms with Crippen molar-refractivity contribution in [2.45, 2.75) is 26.8 Å². The summed E-state index contributed by atoms with van der Waals surface area (Å²) in [5.74, 6) is -0.412. The van der Waals surface area contributed by atoms with E-state index in [0.717, 1.165) is 0 Å². The van der Waals surface area contributed by atoms with Crippen molar-refractivity contribution in [3.05, 3.63) is 70.8 Å². The minimum absolute atomic E-state index is 0.0255. The summed E-state index contributed by atoms with van der Waals surface area (Å²) in [6.45, 7) is 7.73. The average molecular weight is 816 g/mol. The number of esters is 1. The quantitative estimate of drug-likeness (QED) is 0.0234. The molecule has 0 fully saturated rings. The minimum atomic E-state index is -4.48. The molecule has 0 aliphatic heterocycles. The van der Waals surface area contributed by atoms with E-state index in [1.54, 1.807) is 76.6 Å². The molecular weight excluding hydrogens is 763 g/mol. The van der Waals surface area contributed by atoms with E-state index < -0.39 is 21.8 Å². The number of nitrogens with zero attached hydrogens (tertiary/aromatic N) is 1. The van der Waals surface area contributed by atoms with Crippen LogP contribution in [-0.2, 0) is 40.3 Å². The zero-order chi connectivity index (χ0) is 41.2. The Morgan fingerprint density at radius 3 is 1.77 bits per heavy atom. The number of amides is 1. The maximum Gasteiger partial charge on any atom is 0.345 e. The van der Waals surface area contributed by atoms with Gasteiger partial charge in [-0.1, -0.05) is 0 Å². The number of aryl methyl sites for hydroxylation is 3. The Hall–Kier alpha value is -4.46. The largest absolute Gasteiger partial charge is 0.748 e. The van der Waals surface area contributed by atoms with E-state index in [4.69, 9.17) is 43.6 Å². The number of nitrogens with one attached hydrogen (secondary N) is 1. The van der Waals surface area contributed by atoms with E-state index in [0.29, 0.717) is 116 Å². The number of aromatic nitrogens is 1. The molecule has 4 aromatic rings. The lowest BCUT2D eigenvalue weighted by molar-refractivity contribution is -0.645. The molecular formula is C40H53N3O13S. The van der Waals surface area contributed by atoms with Gasteiger partial charge < -0.3 is 53.5 Å². The molecule has 1 heterocycles. The van der Waals surface area contributed by atoms with Crippen LogP contribution in [0.4, 0.5) is 0 Å². The van der Waals surface area contributed by atoms with E-state index >= 15 is 0 Å². The first-order chi connectivity index (χ1) is 27.5. The van der Waals surface area contributed by atoms with Crippen LogP contribution >= 0.6 is 0 Å². The third-order valence-corrected chi connectivity index (χ3v) is 9.39. The third kappa shape index (κ3) is 13.9. The minimum Gasteiger partial charge on any atom is -0.748 e. The van der Waals surface area contributed by atoms with Crippen LogP contribution in [0.2, 0.25) is 0 Å². The van der Waals surface area contributed by atoms with Gasteiger partial charge in [0.2, 0.25) is 11.0 Å². The standard InChI is InChI=1S/C40H53N3O13S/c1-28-24-30(39(44)42-11-14-51-13-10-41)25-29(2)38(28)56-40(45)37-33-26-31(54-21-19-52-17-15-49-3)6-8-35(33)43(12-5-23-57(46,47)48)36-9-7-32(27-34(36)37)55-22-20-53-18-16-50-4/h6-9,24-27H,5,10-23,41H2,1-4H3,(H-,42,44,46,47,48). The Balaban J connectivity index is 1.78. The van der Waals surface area contributed by atoms with E-state index in [9.17, 15) is 22.6 Å². The first-order valence-electron chi connectivity index (χ1n) is 18.6. The van der Waals surface area contributed by atoms with Gasteiger partial charge in [0.1, 0.15) is 30.5 Å². The number of carbonyl (C=O) groups excluding carboxylic acids is 2. The molecule has 0 saturated heterocycles. The number of fused-ring (bicyclic) bond motifs is 2. The Morgan fingerprint density at radius 1 is 0.737 bits per heavy atom. The van der Waals surface area contributed by atoms with Crippen molar-refractivity contribution in [1.82, 2.24) is 5.32 Å². The Bertz CT molecular complexity index is 1960. The molecule has 0 radical (unpaired) electrons. The SMILES string of the molecule is COCCOCCOc1ccc2c(c1)c(C(=O)Oc1c(C)cc(C(=O)NCCOCCN)cc1C)c1cc(OCCOCCOC)ccc1[n+]2CCCS(=O)(=O)[O-]. The number of carbonyl (C=O) groups is 2. The molecule has 0 spiro atoms. The van der Waals surface area contributed by atoms with Gasteiger partial charge in [-0.2, -0.15) is 4.57 Å². The summed E-state index contributed by atoms with van der Waals surface area (Å²) < 4.78 is 81.3. The van der Waals surface area contributed by atoms with Gasteiger partial charge in [-0.25, -0.2) is 13.2 Å². The molecule has 1 aromatic heterocycles. The van der Waals surface area contributed by atoms with Crippen LogP contribution in [0.25, 0.3) is 21.8 Å². The monoisotopic (exact) mass is 815 g/mol. The lowest BCUT2D eigenvalue weighted by Gasteiger charge is -2.16. The lowest BCUT2D eigenvalue weighted by atomic mass is 10.0. The number of benzene rings is 3. The van der Waals surface area contributed by atoms with E-state index in [-0.39, 0.29) is 43.4 Å². The smallest absolute Gasteiger partial charge is 0.345 e. The van der Waals surface area contributed by atoms with Gasteiger partial charge >= 0.3 is 5.97 Å². The molecule has 57 heavy (non-hydrogen) atoms. The van der Waals surface area contributed by atoms with E-state index in [1.807, 2.05) is 4.57 Å². The van der Waals surface area contributed by atoms with Gasteiger partial charge in [0, 0.05) is 57.2 Å². The highest BCUT2D eigenvalue weighted by molar-refractivity contribution is 7.85. The number of hydrogen-bond donors (Lipinski definition) is 2. The van der Waals surface area contributed by atoms with Crippen LogP contribution in [0, 0.1) is 13.8 Å². The second kappa shape index (κ2) is 23.1. The van der Waals surface area contributed by atoms with Crippen molar-refractivity contribution in [3.8, 4) is 17.2 Å². The fourth-order valence-corrected chi connectivity index (χ4v) is 6.53. The summed E-state index contributed by atoms with van der Waals surface area (Å²) in [5, 5.41) is 3.70. The molecule has 1 amide bonds. The van der Waals surface area contributed by atoms with Gasteiger partial charge in [-0.3, -0.25) is 4.79 Å². The summed E-state index contributed by atoms with van der Waals surface area (Å²) in [5.41, 5.74) is 8.28. The van der Waals surface area contributed by atoms with Crippen LogP contribution in [0.1, 0.15) is 38.3 Å². The second-order valence-electron chi connectivity index (χ2n) is 12.9. The molecule has 0 aliphatic carbocycles. The summed E-state index contributed by atoms with van der Waals surface area (Å²) in [6, 6.07) is 13.7. The van der Waals surface area contributed by atoms with Crippen LogP contribution in [0.5, 0.6) is 17.2 Å². The Kier molecular flexibility index (Phi) is 18.3. The highest BCUT2D eigenvalue weighted by Gasteiger charge is 2.28. The van der Waals surface area contributed by atoms with Crippen molar-refractivity contribution in [2.75, 3.05) is 99.1 Å². The molecule has 312 valence electrons. The molecule has 16 nitrogen and oxygen atoms in total. The van der Waals surface area contributed by atoms with Crippen molar-refractivity contribution in [2.24, 2.45) is 5.73 Å². The molecule has 3 aromatic carbocycles. The highest BCUT2D eigenvalue weighted by atomic mass is 32.2. The van der Waals surface area contributed by atoms with Gasteiger partial charge in [0.25, 0.3) is 5.91 Å². The summed E-state index contributed by atoms with van der Waals surface area (Å²) in [6.07, 6.45) is 0.0255. The molecule has 0 saturated carbocycles. The Labute approximate surface area is 333 Å². The number of nitrogens with two attached hydrogens (primary N) is 1. The van der Waals surface area contributed by atoms with Gasteiger partial charge in [-0.15, -0.1) is 0 Å². The maximum atomic E-state index is 14.6. The molecule has 0 unspecified atom stereocenters. The van der Waals surface area contributed by atoms with Crippen LogP contribution < -0.4 is 29.8 Å². The number of pyridine rings is 1. The third-order valence-electron chi connectivity index (χ3n) is 8.60. The second-order valence-corrected chi connectivity index (χ2v) is 14.4. The van der Waals surface area contributed by atoms with Crippen LogP contribution in [0.3, 0.4) is 0 Å². The van der Waals surface area contributed by atoms with Crippen molar-refractivity contribution >= 4 is 43.8 Å². The maximum absolute atomic E-state index is 14.6. The van der Waals surface area contributed by atoms with Crippen LogP contribution in [0.15, 0.2) is 48.5 Å². The molecule has 4 rings (SSSR count). The number of ether oxygens (including phenoxy) is 8. The predicted molar refractivity (Wildman–Crippen MR) is 210 cm³/mol. The molecule has 17 heteroatoms. The highest BCUT2D eigenvalue weighted by Crippen LogP contribution is 2.33. The molecule has 3 N–H and O–H groups in total. The first-order valence-corrected chi connectivity index (χ1v) is 20.2. The fourth-order valence-electron chi connectivity index (χ4n) is 6.05. The zero-order valence-electron chi connectivity index (χ0n) is 33.0. The number of rotatable bonds is 26. The van der Waals surface area contributed by atoms with Crippen molar-refractivity contribution in [3.63, 3.8) is 0 Å². The summed E-state index contributed by atoms with van der Waals surface area (Å²) in [7, 11) is -1.31. The van der Waals surface area contributed by atoms with Gasteiger partial charge in [-0.05, 0) is 61.4 Å². The fraction of sp³-hybridized carbons (Fsp3) is 0.475. The van der Waals surface area contributed by atoms with Gasteiger partial charge in [0.05, 0.1) is 79.3 Å². The van der Waals surface area contributed by atoms with Crippen molar-refractivity contribution in [1.29, 1.82) is 0 Å². The topological polar surface area (TPSA) is 207 Å². The molecule has 0 bridgehead atoms. The summed E-state index contributed by atoms with van der Waals surface area (Å²) in [4.78, 5) is 27.5. The van der Waals surface area contributed by atoms with Crippen LogP contribution in [-0.4, -0.2) is 124 Å². The van der Waals surface area contributed by atoms with Crippen molar-refractivity contribution < 1.29 is 65.0 Å². The lowest BCUT2D eigenvalue weighted by Crippen LogP contribution is -2.37. The van der Waals surface area contributed by atoms with E-state index in [2.05, 4.69) is 5.32 Å². The normalized spacial score (nSPS) is 11.6. The van der Waals surface area contributed by atoms with Gasteiger partial charge in [0.15, 0.2) is 6.54 Å². The zero-order valence-corrected chi connectivity index (χ0v) is 33.8. The predicted octanol–water partition coefficient (Wildman–Crippen LogP) is 2.84. The molecule has 0 atom stereocenters. The summed E-state index contributed by atoms with van der Waals surface area (Å²) >= 11 is 0.